The number of ether oxygens (including phenoxy) is 2. The summed E-state index contributed by atoms with van der Waals surface area (Å²) in [7, 11) is 0. The first-order valence-electron chi connectivity index (χ1n) is 5.51. The molecule has 0 saturated carbocycles. The number of aliphatic hydroxyl groups is 1. The van der Waals surface area contributed by atoms with Gasteiger partial charge in [-0.05, 0) is 25.1 Å². The first kappa shape index (κ1) is 14.4. The lowest BCUT2D eigenvalue weighted by molar-refractivity contribution is 0.0702. The molecule has 0 aromatic heterocycles. The highest BCUT2D eigenvalue weighted by Crippen LogP contribution is 2.27. The third kappa shape index (κ3) is 5.04. The van der Waals surface area contributed by atoms with Crippen molar-refractivity contribution in [1.82, 2.24) is 0 Å². The average molecular weight is 304 g/mol. The molecule has 0 heterocycles. The van der Waals surface area contributed by atoms with E-state index in [0.717, 1.165) is 15.8 Å². The maximum absolute atomic E-state index is 8.54. The molecule has 1 atom stereocenters. The number of aliphatic hydroxyl groups excluding tert-OH is 1. The molecule has 5 heteroatoms. The van der Waals surface area contributed by atoms with Gasteiger partial charge in [0.05, 0.1) is 19.8 Å². The Hall–Kier alpha value is -0.620. The molecule has 0 aliphatic heterocycles. The minimum atomic E-state index is -0.0825. The van der Waals surface area contributed by atoms with E-state index in [1.807, 2.05) is 25.1 Å². The summed E-state index contributed by atoms with van der Waals surface area (Å²) in [5.41, 5.74) is 6.83. The molecule has 0 aliphatic carbocycles. The molecule has 1 unspecified atom stereocenters. The number of halogens is 1. The van der Waals surface area contributed by atoms with Gasteiger partial charge < -0.3 is 20.3 Å². The van der Waals surface area contributed by atoms with Crippen LogP contribution < -0.4 is 10.5 Å². The van der Waals surface area contributed by atoms with Crippen LogP contribution >= 0.6 is 15.9 Å². The third-order valence-electron chi connectivity index (χ3n) is 2.18. The summed E-state index contributed by atoms with van der Waals surface area (Å²) in [6.45, 7) is 3.18. The van der Waals surface area contributed by atoms with E-state index < -0.39 is 0 Å². The molecule has 1 aromatic carbocycles. The van der Waals surface area contributed by atoms with Crippen LogP contribution in [0.3, 0.4) is 0 Å². The Morgan fingerprint density at radius 1 is 1.35 bits per heavy atom. The zero-order valence-corrected chi connectivity index (χ0v) is 11.4. The summed E-state index contributed by atoms with van der Waals surface area (Å²) >= 11 is 3.40. The topological polar surface area (TPSA) is 64.7 Å². The van der Waals surface area contributed by atoms with Crippen molar-refractivity contribution in [3.63, 3.8) is 0 Å². The quantitative estimate of drug-likeness (QED) is 0.755. The standard InChI is InChI=1S/C12H18BrNO3/c1-9(14)11-8-10(13)2-3-12(11)17-7-6-16-5-4-15/h2-3,8-9,15H,4-7,14H2,1H3. The van der Waals surface area contributed by atoms with Gasteiger partial charge in [0.15, 0.2) is 0 Å². The molecule has 4 nitrogen and oxygen atoms in total. The van der Waals surface area contributed by atoms with E-state index in [9.17, 15) is 0 Å². The van der Waals surface area contributed by atoms with Crippen LogP contribution in [0.5, 0.6) is 5.75 Å². The Morgan fingerprint density at radius 3 is 2.76 bits per heavy atom. The van der Waals surface area contributed by atoms with Gasteiger partial charge in [0.2, 0.25) is 0 Å². The first-order valence-corrected chi connectivity index (χ1v) is 6.31. The minimum Gasteiger partial charge on any atom is -0.491 e. The van der Waals surface area contributed by atoms with E-state index >= 15 is 0 Å². The largest absolute Gasteiger partial charge is 0.491 e. The lowest BCUT2D eigenvalue weighted by atomic mass is 10.1. The number of hydrogen-bond acceptors (Lipinski definition) is 4. The van der Waals surface area contributed by atoms with Crippen LogP contribution in [0.15, 0.2) is 22.7 Å². The summed E-state index contributed by atoms with van der Waals surface area (Å²) in [5.74, 6) is 0.774. The van der Waals surface area contributed by atoms with Crippen LogP contribution in [-0.4, -0.2) is 31.5 Å². The van der Waals surface area contributed by atoms with Crippen molar-refractivity contribution < 1.29 is 14.6 Å². The fourth-order valence-corrected chi connectivity index (χ4v) is 1.76. The molecule has 0 radical (unpaired) electrons. The summed E-state index contributed by atoms with van der Waals surface area (Å²) in [6.07, 6.45) is 0. The van der Waals surface area contributed by atoms with E-state index in [2.05, 4.69) is 15.9 Å². The summed E-state index contributed by atoms with van der Waals surface area (Å²) < 4.78 is 11.7. The van der Waals surface area contributed by atoms with Gasteiger partial charge in [0.25, 0.3) is 0 Å². The Kier molecular flexibility index (Phi) is 6.50. The van der Waals surface area contributed by atoms with Gasteiger partial charge in [-0.1, -0.05) is 15.9 Å². The van der Waals surface area contributed by atoms with E-state index in [-0.39, 0.29) is 12.6 Å². The highest BCUT2D eigenvalue weighted by atomic mass is 79.9. The fraction of sp³-hybridized carbons (Fsp3) is 0.500. The van der Waals surface area contributed by atoms with Gasteiger partial charge in [-0.2, -0.15) is 0 Å². The van der Waals surface area contributed by atoms with Gasteiger partial charge in [-0.15, -0.1) is 0 Å². The van der Waals surface area contributed by atoms with Crippen LogP contribution in [0, 0.1) is 0 Å². The molecule has 0 aliphatic rings. The van der Waals surface area contributed by atoms with Gasteiger partial charge >= 0.3 is 0 Å². The van der Waals surface area contributed by atoms with Crippen molar-refractivity contribution >= 4 is 15.9 Å². The molecule has 17 heavy (non-hydrogen) atoms. The monoisotopic (exact) mass is 303 g/mol. The van der Waals surface area contributed by atoms with Crippen molar-refractivity contribution in [1.29, 1.82) is 0 Å². The van der Waals surface area contributed by atoms with Crippen molar-refractivity contribution in [3.8, 4) is 5.75 Å². The van der Waals surface area contributed by atoms with Crippen molar-refractivity contribution in [2.75, 3.05) is 26.4 Å². The number of nitrogens with two attached hydrogens (primary N) is 1. The average Bonchev–Trinajstić information content (AvgIpc) is 2.30. The van der Waals surface area contributed by atoms with Crippen LogP contribution in [0.2, 0.25) is 0 Å². The third-order valence-corrected chi connectivity index (χ3v) is 2.68. The molecule has 0 fully saturated rings. The normalized spacial score (nSPS) is 12.5. The lowest BCUT2D eigenvalue weighted by Crippen LogP contribution is -2.12. The van der Waals surface area contributed by atoms with Crippen molar-refractivity contribution in [2.24, 2.45) is 5.73 Å². The predicted molar refractivity (Wildman–Crippen MR) is 70.1 cm³/mol. The minimum absolute atomic E-state index is 0.0311. The van der Waals surface area contributed by atoms with Crippen LogP contribution in [0.4, 0.5) is 0 Å². The van der Waals surface area contributed by atoms with Gasteiger partial charge in [0.1, 0.15) is 12.4 Å². The zero-order chi connectivity index (χ0) is 12.7. The molecule has 1 aromatic rings. The Labute approximate surface area is 110 Å². The summed E-state index contributed by atoms with van der Waals surface area (Å²) in [5, 5.41) is 8.54. The molecule has 1 rings (SSSR count). The maximum Gasteiger partial charge on any atom is 0.124 e. The predicted octanol–water partition coefficient (Wildman–Crippen LogP) is 1.86. The molecular weight excluding hydrogens is 286 g/mol. The highest BCUT2D eigenvalue weighted by Gasteiger charge is 2.08. The van der Waals surface area contributed by atoms with Crippen LogP contribution in [0.25, 0.3) is 0 Å². The molecule has 3 N–H and O–H groups in total. The fourth-order valence-electron chi connectivity index (χ4n) is 1.38. The molecule has 0 spiro atoms. The van der Waals surface area contributed by atoms with E-state index in [0.29, 0.717) is 19.8 Å². The Morgan fingerprint density at radius 2 is 2.12 bits per heavy atom. The zero-order valence-electron chi connectivity index (χ0n) is 9.86. The molecule has 0 bridgehead atoms. The van der Waals surface area contributed by atoms with Gasteiger partial charge in [-0.3, -0.25) is 0 Å². The van der Waals surface area contributed by atoms with Gasteiger partial charge in [-0.25, -0.2) is 0 Å². The summed E-state index contributed by atoms with van der Waals surface area (Å²) in [6, 6.07) is 5.67. The second-order valence-electron chi connectivity index (χ2n) is 3.66. The molecule has 96 valence electrons. The van der Waals surface area contributed by atoms with E-state index in [1.54, 1.807) is 0 Å². The molecule has 0 amide bonds. The van der Waals surface area contributed by atoms with Gasteiger partial charge in [0, 0.05) is 16.1 Å². The number of hydrogen-bond donors (Lipinski definition) is 2. The SMILES string of the molecule is CC(N)c1cc(Br)ccc1OCCOCCO. The van der Waals surface area contributed by atoms with E-state index in [4.69, 9.17) is 20.3 Å². The first-order chi connectivity index (χ1) is 8.15. The smallest absolute Gasteiger partial charge is 0.124 e. The highest BCUT2D eigenvalue weighted by molar-refractivity contribution is 9.10. The van der Waals surface area contributed by atoms with Crippen molar-refractivity contribution in [2.45, 2.75) is 13.0 Å². The lowest BCUT2D eigenvalue weighted by Gasteiger charge is -2.14. The van der Waals surface area contributed by atoms with E-state index in [1.165, 1.54) is 0 Å². The summed E-state index contributed by atoms with van der Waals surface area (Å²) in [4.78, 5) is 0. The Balaban J connectivity index is 2.52. The second-order valence-corrected chi connectivity index (χ2v) is 4.57. The maximum atomic E-state index is 8.54. The second kappa shape index (κ2) is 7.66. The number of benzene rings is 1. The van der Waals surface area contributed by atoms with Crippen molar-refractivity contribution in [3.05, 3.63) is 28.2 Å². The van der Waals surface area contributed by atoms with Crippen LogP contribution in [0.1, 0.15) is 18.5 Å². The molecule has 0 saturated heterocycles. The Bertz CT molecular complexity index is 345. The number of rotatable bonds is 7. The van der Waals surface area contributed by atoms with Crippen LogP contribution in [-0.2, 0) is 4.74 Å². The molecular formula is C12H18BrNO3.